The summed E-state index contributed by atoms with van der Waals surface area (Å²) in [5, 5.41) is 10.3. The Morgan fingerprint density at radius 3 is 2.49 bits per heavy atom. The number of nitriles is 1. The number of benzene rings is 2. The minimum atomic E-state index is -1.75. The van der Waals surface area contributed by atoms with Gasteiger partial charge in [0.05, 0.1) is 19.2 Å². The van der Waals surface area contributed by atoms with Crippen molar-refractivity contribution in [1.29, 1.82) is 5.26 Å². The molecule has 180 valence electrons. The lowest BCUT2D eigenvalue weighted by Crippen LogP contribution is -2.47. The summed E-state index contributed by atoms with van der Waals surface area (Å²) in [6.45, 7) is 1.07. The van der Waals surface area contributed by atoms with Gasteiger partial charge in [0.1, 0.15) is 17.5 Å². The highest BCUT2D eigenvalue weighted by molar-refractivity contribution is 6.08. The fourth-order valence-corrected chi connectivity index (χ4v) is 4.57. The number of hydrogen-bond donors (Lipinski definition) is 0. The van der Waals surface area contributed by atoms with Crippen LogP contribution in [0.25, 0.3) is 22.0 Å². The lowest BCUT2D eigenvalue weighted by atomic mass is 9.97. The average Bonchev–Trinajstić information content (AvgIpc) is 3.17. The Hall–Kier alpha value is -3.83. The van der Waals surface area contributed by atoms with Crippen LogP contribution in [0.2, 0.25) is 0 Å². The fourth-order valence-electron chi connectivity index (χ4n) is 4.57. The average molecular weight is 476 g/mol. The molecule has 0 N–H and O–H groups in total. The molecule has 3 aromatic rings. The zero-order valence-electron chi connectivity index (χ0n) is 19.9. The number of carbonyl (C=O) groups excluding carboxylic acids is 2. The van der Waals surface area contributed by atoms with Gasteiger partial charge >= 0.3 is 0 Å². The Balaban J connectivity index is 1.56. The third-order valence-electron chi connectivity index (χ3n) is 6.38. The summed E-state index contributed by atoms with van der Waals surface area (Å²) in [4.78, 5) is 31.5. The van der Waals surface area contributed by atoms with Crippen LogP contribution >= 0.6 is 0 Å². The van der Waals surface area contributed by atoms with Crippen LogP contribution in [0.4, 0.5) is 4.39 Å². The molecule has 0 spiro atoms. The first kappa shape index (κ1) is 24.3. The summed E-state index contributed by atoms with van der Waals surface area (Å²) in [6, 6.07) is 16.8. The van der Waals surface area contributed by atoms with Gasteiger partial charge in [-0.25, -0.2) is 4.39 Å². The number of fused-ring (bicyclic) bond motifs is 1. The molecular formula is C27H26FN3O4. The predicted octanol–water partition coefficient (Wildman–Crippen LogP) is 4.70. The van der Waals surface area contributed by atoms with Crippen LogP contribution < -0.4 is 4.74 Å². The topological polar surface area (TPSA) is 92.5 Å². The molecule has 0 radical (unpaired) electrons. The number of rotatable bonds is 7. The van der Waals surface area contributed by atoms with Gasteiger partial charge in [-0.1, -0.05) is 18.2 Å². The van der Waals surface area contributed by atoms with Gasteiger partial charge in [-0.15, -0.1) is 0 Å². The molecule has 4 rings (SSSR count). The van der Waals surface area contributed by atoms with E-state index in [0.717, 1.165) is 21.8 Å². The van der Waals surface area contributed by atoms with Crippen molar-refractivity contribution in [1.82, 2.24) is 9.88 Å². The molecule has 2 aromatic carbocycles. The number of alkyl halides is 1. The first-order valence-electron chi connectivity index (χ1n) is 11.2. The van der Waals surface area contributed by atoms with Gasteiger partial charge in [-0.3, -0.25) is 19.5 Å². The second-order valence-corrected chi connectivity index (χ2v) is 8.91. The van der Waals surface area contributed by atoms with Gasteiger partial charge in [0.2, 0.25) is 11.6 Å². The Bertz CT molecular complexity index is 1320. The van der Waals surface area contributed by atoms with Crippen molar-refractivity contribution in [3.63, 3.8) is 0 Å². The zero-order valence-corrected chi connectivity index (χ0v) is 19.9. The molecule has 0 bridgehead atoms. The molecule has 1 aromatic heterocycles. The standard InChI is InChI=1S/C27H26FN3O4/c1-26(28)15-27(16-29,35-3)31(17-26)25(33)11-10-24(32)21-12-13-30-23-9-6-19(14-22(21)23)18-4-7-20(34-2)8-5-18/h4-9,12-14H,10-11,15,17H2,1-3H3/t26?,27-/m1/s1. The normalized spacial score (nSPS) is 21.6. The summed E-state index contributed by atoms with van der Waals surface area (Å²) in [6.07, 6.45) is 1.07. The van der Waals surface area contributed by atoms with E-state index in [1.54, 1.807) is 19.4 Å². The number of halogens is 1. The van der Waals surface area contributed by atoms with E-state index in [4.69, 9.17) is 9.47 Å². The SMILES string of the molecule is COc1ccc(-c2ccc3nccc(C(=O)CCC(=O)N4CC(C)(F)C[C@]4(C#N)OC)c3c2)cc1. The predicted molar refractivity (Wildman–Crippen MR) is 128 cm³/mol. The van der Waals surface area contributed by atoms with Crippen LogP contribution in [-0.2, 0) is 9.53 Å². The van der Waals surface area contributed by atoms with Gasteiger partial charge in [0.15, 0.2) is 5.78 Å². The second kappa shape index (κ2) is 9.43. The molecule has 1 amide bonds. The van der Waals surface area contributed by atoms with E-state index < -0.39 is 17.3 Å². The lowest BCUT2D eigenvalue weighted by molar-refractivity contribution is -0.148. The number of carbonyl (C=O) groups is 2. The summed E-state index contributed by atoms with van der Waals surface area (Å²) in [7, 11) is 2.88. The number of Topliss-reactive ketones (excluding diaryl/α,β-unsaturated/α-hetero) is 1. The third-order valence-corrected chi connectivity index (χ3v) is 6.38. The van der Waals surface area contributed by atoms with Gasteiger partial charge in [-0.2, -0.15) is 5.26 Å². The highest BCUT2D eigenvalue weighted by Gasteiger charge is 2.54. The van der Waals surface area contributed by atoms with E-state index in [-0.39, 0.29) is 31.6 Å². The molecular weight excluding hydrogens is 449 g/mol. The molecule has 1 unspecified atom stereocenters. The molecule has 0 aliphatic carbocycles. The van der Waals surface area contributed by atoms with Crippen molar-refractivity contribution in [3.8, 4) is 22.9 Å². The van der Waals surface area contributed by atoms with Crippen LogP contribution in [0.1, 0.15) is 36.5 Å². The van der Waals surface area contributed by atoms with Gasteiger partial charge in [0, 0.05) is 43.5 Å². The molecule has 7 nitrogen and oxygen atoms in total. The molecule has 1 fully saturated rings. The molecule has 2 heterocycles. The van der Waals surface area contributed by atoms with Crippen LogP contribution in [0, 0.1) is 11.3 Å². The molecule has 1 aliphatic rings. The lowest BCUT2D eigenvalue weighted by Gasteiger charge is -2.30. The second-order valence-electron chi connectivity index (χ2n) is 8.91. The number of ether oxygens (including phenoxy) is 2. The van der Waals surface area contributed by atoms with Crippen molar-refractivity contribution in [2.24, 2.45) is 0 Å². The number of likely N-dealkylation sites (tertiary alicyclic amines) is 1. The molecule has 1 aliphatic heterocycles. The summed E-state index contributed by atoms with van der Waals surface area (Å²) >= 11 is 0. The molecule has 0 saturated carbocycles. The van der Waals surface area contributed by atoms with E-state index in [0.29, 0.717) is 16.5 Å². The monoisotopic (exact) mass is 475 g/mol. The number of pyridine rings is 1. The van der Waals surface area contributed by atoms with Crippen LogP contribution in [0.5, 0.6) is 5.75 Å². The van der Waals surface area contributed by atoms with E-state index in [2.05, 4.69) is 4.98 Å². The van der Waals surface area contributed by atoms with E-state index in [1.165, 1.54) is 14.0 Å². The Morgan fingerprint density at radius 1 is 1.11 bits per heavy atom. The fraction of sp³-hybridized carbons (Fsp3) is 0.333. The Morgan fingerprint density at radius 2 is 1.83 bits per heavy atom. The zero-order chi connectivity index (χ0) is 25.2. The van der Waals surface area contributed by atoms with Crippen molar-refractivity contribution in [2.45, 2.75) is 37.6 Å². The van der Waals surface area contributed by atoms with E-state index in [9.17, 15) is 19.2 Å². The molecule has 1 saturated heterocycles. The van der Waals surface area contributed by atoms with Crippen molar-refractivity contribution < 1.29 is 23.5 Å². The van der Waals surface area contributed by atoms with Crippen molar-refractivity contribution >= 4 is 22.6 Å². The molecule has 8 heteroatoms. The highest BCUT2D eigenvalue weighted by Crippen LogP contribution is 2.39. The summed E-state index contributed by atoms with van der Waals surface area (Å²) in [5.74, 6) is 0.0110. The highest BCUT2D eigenvalue weighted by atomic mass is 19.1. The van der Waals surface area contributed by atoms with Gasteiger partial charge in [-0.05, 0) is 48.4 Å². The Kier molecular flexibility index (Phi) is 6.55. The quantitative estimate of drug-likeness (QED) is 0.460. The number of ketones is 1. The smallest absolute Gasteiger partial charge is 0.235 e. The van der Waals surface area contributed by atoms with Crippen molar-refractivity contribution in [2.75, 3.05) is 20.8 Å². The largest absolute Gasteiger partial charge is 0.497 e. The van der Waals surface area contributed by atoms with E-state index >= 15 is 0 Å². The van der Waals surface area contributed by atoms with Crippen LogP contribution in [-0.4, -0.2) is 53.7 Å². The maximum atomic E-state index is 14.6. The number of nitrogens with zero attached hydrogens (tertiary/aromatic N) is 3. The third kappa shape index (κ3) is 4.73. The number of hydrogen-bond acceptors (Lipinski definition) is 6. The number of amides is 1. The first-order valence-corrected chi connectivity index (χ1v) is 11.2. The van der Waals surface area contributed by atoms with Gasteiger partial charge in [0.25, 0.3) is 0 Å². The summed E-state index contributed by atoms with van der Waals surface area (Å²) < 4.78 is 25.1. The maximum Gasteiger partial charge on any atom is 0.235 e. The molecule has 35 heavy (non-hydrogen) atoms. The van der Waals surface area contributed by atoms with Crippen LogP contribution in [0.3, 0.4) is 0 Å². The Labute approximate surface area is 203 Å². The number of methoxy groups -OCH3 is 2. The first-order chi connectivity index (χ1) is 16.7. The maximum absolute atomic E-state index is 14.6. The summed E-state index contributed by atoms with van der Waals surface area (Å²) in [5.41, 5.74) is -0.425. The van der Waals surface area contributed by atoms with Crippen molar-refractivity contribution in [3.05, 3.63) is 60.3 Å². The van der Waals surface area contributed by atoms with Gasteiger partial charge < -0.3 is 9.47 Å². The van der Waals surface area contributed by atoms with E-state index in [1.807, 2.05) is 48.5 Å². The number of aromatic nitrogens is 1. The van der Waals surface area contributed by atoms with Crippen LogP contribution in [0.15, 0.2) is 54.7 Å². The minimum absolute atomic E-state index is 0.0879. The molecule has 2 atom stereocenters. The minimum Gasteiger partial charge on any atom is -0.497 e.